The van der Waals surface area contributed by atoms with Crippen molar-refractivity contribution in [3.8, 4) is 11.1 Å². The Morgan fingerprint density at radius 1 is 0.444 bits per heavy atom. The molecule has 0 aliphatic carbocycles. The SMILES string of the molecule is CPC(CC(C)(C)C)c1ccc(N(c2ccc(N(c3ccc(-c4ccccc4)cc3)c3ccc4ccccc4c3)cc2)c2cccc3ccccc23)cc1. The molecule has 0 aromatic heterocycles. The molecule has 0 fully saturated rings. The zero-order chi connectivity index (χ0) is 37.1. The van der Waals surface area contributed by atoms with Crippen molar-refractivity contribution in [1.82, 2.24) is 0 Å². The molecule has 0 saturated carbocycles. The van der Waals surface area contributed by atoms with E-state index in [9.17, 15) is 0 Å². The molecular formula is C51H47N2P. The number of nitrogens with zero attached hydrogens (tertiary/aromatic N) is 2. The van der Waals surface area contributed by atoms with Crippen molar-refractivity contribution >= 4 is 64.2 Å². The number of benzene rings is 8. The molecule has 266 valence electrons. The Labute approximate surface area is 322 Å². The second-order valence-corrected chi connectivity index (χ2v) is 16.6. The van der Waals surface area contributed by atoms with Crippen LogP contribution >= 0.6 is 8.58 Å². The van der Waals surface area contributed by atoms with Crippen LogP contribution in [0.3, 0.4) is 0 Å². The Hall–Kier alpha value is -5.69. The first-order valence-electron chi connectivity index (χ1n) is 18.9. The summed E-state index contributed by atoms with van der Waals surface area (Å²) in [6.45, 7) is 9.39. The van der Waals surface area contributed by atoms with Crippen LogP contribution in [0.2, 0.25) is 0 Å². The summed E-state index contributed by atoms with van der Waals surface area (Å²) in [6, 6.07) is 68.6. The highest BCUT2D eigenvalue weighted by molar-refractivity contribution is 7.37. The molecule has 2 atom stereocenters. The summed E-state index contributed by atoms with van der Waals surface area (Å²) in [7, 11) is 0.863. The van der Waals surface area contributed by atoms with Crippen LogP contribution in [-0.2, 0) is 0 Å². The largest absolute Gasteiger partial charge is 0.310 e. The van der Waals surface area contributed by atoms with Gasteiger partial charge in [-0.15, -0.1) is 8.58 Å². The number of rotatable bonds is 10. The molecule has 2 nitrogen and oxygen atoms in total. The summed E-state index contributed by atoms with van der Waals surface area (Å²) in [5, 5.41) is 4.91. The van der Waals surface area contributed by atoms with Gasteiger partial charge in [0.1, 0.15) is 0 Å². The van der Waals surface area contributed by atoms with Gasteiger partial charge in [0.15, 0.2) is 0 Å². The molecule has 0 aliphatic heterocycles. The van der Waals surface area contributed by atoms with Gasteiger partial charge < -0.3 is 9.80 Å². The molecule has 0 N–H and O–H groups in total. The summed E-state index contributed by atoms with van der Waals surface area (Å²) < 4.78 is 0. The van der Waals surface area contributed by atoms with Crippen molar-refractivity contribution in [2.45, 2.75) is 32.9 Å². The van der Waals surface area contributed by atoms with E-state index in [1.165, 1.54) is 50.3 Å². The van der Waals surface area contributed by atoms with Crippen LogP contribution < -0.4 is 9.80 Å². The van der Waals surface area contributed by atoms with E-state index in [0.717, 1.165) is 37.0 Å². The molecular weight excluding hydrogens is 672 g/mol. The first-order chi connectivity index (χ1) is 26.3. The van der Waals surface area contributed by atoms with E-state index in [1.807, 2.05) is 0 Å². The standard InChI is InChI=1S/C51H47N2P/c1-51(2,3)36-50(54-4)41-24-28-45(29-25-41)53(49-20-12-18-40-16-10-11-19-48(40)49)46-33-31-44(32-34-46)52(47-30-23-38-15-8-9-17-42(38)35-47)43-26-21-39(22-27-43)37-13-6-5-7-14-37/h5-35,50,54H,36H2,1-4H3. The highest BCUT2D eigenvalue weighted by Crippen LogP contribution is 2.45. The predicted molar refractivity (Wildman–Crippen MR) is 237 cm³/mol. The average Bonchev–Trinajstić information content (AvgIpc) is 3.21. The van der Waals surface area contributed by atoms with Crippen LogP contribution in [0.5, 0.6) is 0 Å². The van der Waals surface area contributed by atoms with Crippen molar-refractivity contribution < 1.29 is 0 Å². The summed E-state index contributed by atoms with van der Waals surface area (Å²) in [5.74, 6) is 0. The Balaban J connectivity index is 1.22. The Morgan fingerprint density at radius 2 is 0.944 bits per heavy atom. The smallest absolute Gasteiger partial charge is 0.0540 e. The van der Waals surface area contributed by atoms with Crippen LogP contribution in [0.1, 0.15) is 38.4 Å². The van der Waals surface area contributed by atoms with E-state index in [-0.39, 0.29) is 5.41 Å². The second-order valence-electron chi connectivity index (χ2n) is 15.3. The molecule has 0 saturated heterocycles. The molecule has 54 heavy (non-hydrogen) atoms. The van der Waals surface area contributed by atoms with Crippen LogP contribution in [0.25, 0.3) is 32.7 Å². The number of hydrogen-bond acceptors (Lipinski definition) is 2. The molecule has 8 aromatic rings. The lowest BCUT2D eigenvalue weighted by Gasteiger charge is -2.30. The van der Waals surface area contributed by atoms with Crippen molar-refractivity contribution in [1.29, 1.82) is 0 Å². The third-order valence-electron chi connectivity index (χ3n) is 10.3. The summed E-state index contributed by atoms with van der Waals surface area (Å²) in [6.07, 6.45) is 1.18. The van der Waals surface area contributed by atoms with Gasteiger partial charge in [-0.2, -0.15) is 0 Å². The third kappa shape index (κ3) is 7.54. The molecule has 0 amide bonds. The normalized spacial score (nSPS) is 12.4. The summed E-state index contributed by atoms with van der Waals surface area (Å²) in [5.41, 5.74) is 11.5. The number of fused-ring (bicyclic) bond motifs is 2. The fraction of sp³-hybridized carbons (Fsp3) is 0.137. The molecule has 3 heteroatoms. The zero-order valence-electron chi connectivity index (χ0n) is 31.6. The van der Waals surface area contributed by atoms with Crippen molar-refractivity contribution in [2.24, 2.45) is 5.41 Å². The third-order valence-corrected chi connectivity index (χ3v) is 11.6. The van der Waals surface area contributed by atoms with Gasteiger partial charge in [0.25, 0.3) is 0 Å². The van der Waals surface area contributed by atoms with Gasteiger partial charge in [0.05, 0.1) is 5.69 Å². The maximum absolute atomic E-state index is 2.41. The summed E-state index contributed by atoms with van der Waals surface area (Å²) in [4.78, 5) is 4.78. The van der Waals surface area contributed by atoms with Gasteiger partial charge in [-0.05, 0) is 118 Å². The van der Waals surface area contributed by atoms with Gasteiger partial charge in [-0.3, -0.25) is 0 Å². The Morgan fingerprint density at radius 3 is 1.59 bits per heavy atom. The highest BCUT2D eigenvalue weighted by Gasteiger charge is 2.21. The van der Waals surface area contributed by atoms with Crippen LogP contribution in [0.4, 0.5) is 34.1 Å². The number of hydrogen-bond donors (Lipinski definition) is 0. The monoisotopic (exact) mass is 718 g/mol. The molecule has 8 rings (SSSR count). The van der Waals surface area contributed by atoms with Gasteiger partial charge in [-0.1, -0.05) is 142 Å². The van der Waals surface area contributed by atoms with Crippen LogP contribution in [0.15, 0.2) is 188 Å². The van der Waals surface area contributed by atoms with Gasteiger partial charge >= 0.3 is 0 Å². The maximum atomic E-state index is 2.41. The first-order valence-corrected chi connectivity index (χ1v) is 20.5. The van der Waals surface area contributed by atoms with Crippen LogP contribution in [-0.4, -0.2) is 6.66 Å². The van der Waals surface area contributed by atoms with Crippen molar-refractivity contribution in [3.63, 3.8) is 0 Å². The van der Waals surface area contributed by atoms with Crippen molar-refractivity contribution in [3.05, 3.63) is 194 Å². The quantitative estimate of drug-likeness (QED) is 0.130. The highest BCUT2D eigenvalue weighted by atomic mass is 31.1. The lowest BCUT2D eigenvalue weighted by molar-refractivity contribution is 0.374. The fourth-order valence-electron chi connectivity index (χ4n) is 7.63. The van der Waals surface area contributed by atoms with Crippen molar-refractivity contribution in [2.75, 3.05) is 16.5 Å². The number of anilines is 6. The fourth-order valence-corrected chi connectivity index (χ4v) is 8.97. The second kappa shape index (κ2) is 15.3. The molecule has 0 radical (unpaired) electrons. The first kappa shape index (κ1) is 35.3. The topological polar surface area (TPSA) is 6.48 Å². The lowest BCUT2D eigenvalue weighted by Crippen LogP contribution is -2.13. The summed E-state index contributed by atoms with van der Waals surface area (Å²) >= 11 is 0. The minimum Gasteiger partial charge on any atom is -0.310 e. The van der Waals surface area contributed by atoms with Gasteiger partial charge in [-0.25, -0.2) is 0 Å². The molecule has 0 bridgehead atoms. The minimum absolute atomic E-state index is 0.285. The molecule has 2 unspecified atom stereocenters. The van der Waals surface area contributed by atoms with E-state index < -0.39 is 0 Å². The van der Waals surface area contributed by atoms with Crippen LogP contribution in [0, 0.1) is 5.41 Å². The molecule has 8 aromatic carbocycles. The maximum Gasteiger partial charge on any atom is 0.0540 e. The van der Waals surface area contributed by atoms with Gasteiger partial charge in [0, 0.05) is 39.5 Å². The molecule has 0 aliphatic rings. The van der Waals surface area contributed by atoms with E-state index >= 15 is 0 Å². The Kier molecular flexibility index (Phi) is 10.0. The average molecular weight is 719 g/mol. The minimum atomic E-state index is 0.285. The van der Waals surface area contributed by atoms with E-state index in [4.69, 9.17) is 0 Å². The van der Waals surface area contributed by atoms with Gasteiger partial charge in [0.2, 0.25) is 0 Å². The van der Waals surface area contributed by atoms with E-state index in [1.54, 1.807) is 0 Å². The molecule has 0 heterocycles. The molecule has 0 spiro atoms. The van der Waals surface area contributed by atoms with E-state index in [2.05, 4.69) is 225 Å². The van der Waals surface area contributed by atoms with E-state index in [0.29, 0.717) is 5.66 Å². The lowest BCUT2D eigenvalue weighted by atomic mass is 9.88. The predicted octanol–water partition coefficient (Wildman–Crippen LogP) is 15.4. The zero-order valence-corrected chi connectivity index (χ0v) is 32.6. The Bertz CT molecular complexity index is 2480.